The van der Waals surface area contributed by atoms with E-state index in [4.69, 9.17) is 11.6 Å². The van der Waals surface area contributed by atoms with E-state index in [0.717, 1.165) is 12.0 Å². The molecule has 0 saturated carbocycles. The number of hydrogen-bond acceptors (Lipinski definition) is 5. The lowest BCUT2D eigenvalue weighted by molar-refractivity contribution is -0.143. The first-order valence-electron chi connectivity index (χ1n) is 13.0. The number of para-hydroxylation sites is 1. The van der Waals surface area contributed by atoms with Crippen LogP contribution in [0.2, 0.25) is 5.02 Å². The highest BCUT2D eigenvalue weighted by Gasteiger charge is 2.73. The Balaban J connectivity index is 1.65. The van der Waals surface area contributed by atoms with Gasteiger partial charge in [-0.25, -0.2) is 0 Å². The van der Waals surface area contributed by atoms with Gasteiger partial charge in [0, 0.05) is 37.5 Å². The van der Waals surface area contributed by atoms with Gasteiger partial charge in [0.25, 0.3) is 5.91 Å². The highest BCUT2D eigenvalue weighted by molar-refractivity contribution is 8.02. The zero-order valence-corrected chi connectivity index (χ0v) is 23.1. The molecule has 0 radical (unpaired) electrons. The second-order valence-electron chi connectivity index (χ2n) is 10.5. The maximum absolute atomic E-state index is 14.5. The number of aliphatic hydroxyl groups excluding tert-OH is 1. The Hall–Kier alpha value is -2.29. The van der Waals surface area contributed by atoms with Crippen molar-refractivity contribution in [2.45, 2.75) is 49.1 Å². The molecule has 198 valence electrons. The SMILES string of the molecule is CCCN1CC=C[C@@]2(C)S[C@]34C=CCN(c5c(C)cccc5Cl)C(=O)C3N(CCCO)C(=O)[C@@H]4[C@H]2C1=O. The molecule has 4 heterocycles. The van der Waals surface area contributed by atoms with Gasteiger partial charge in [-0.15, -0.1) is 11.8 Å². The first-order valence-corrected chi connectivity index (χ1v) is 14.2. The number of fused-ring (bicyclic) bond motifs is 2. The monoisotopic (exact) mass is 543 g/mol. The van der Waals surface area contributed by atoms with E-state index in [-0.39, 0.29) is 30.9 Å². The lowest BCUT2D eigenvalue weighted by Crippen LogP contribution is -2.53. The summed E-state index contributed by atoms with van der Waals surface area (Å²) in [5, 5.41) is 10.1. The van der Waals surface area contributed by atoms with E-state index >= 15 is 0 Å². The molecule has 9 heteroatoms. The molecule has 1 unspecified atom stereocenters. The van der Waals surface area contributed by atoms with E-state index in [1.54, 1.807) is 27.6 Å². The molecular formula is C28H34ClN3O4S. The van der Waals surface area contributed by atoms with Crippen LogP contribution in [0.5, 0.6) is 0 Å². The fraction of sp³-hybridized carbons (Fsp3) is 0.536. The normalized spacial score (nSPS) is 32.9. The minimum absolute atomic E-state index is 0.0243. The predicted octanol–water partition coefficient (Wildman–Crippen LogP) is 3.43. The highest BCUT2D eigenvalue weighted by atomic mass is 35.5. The number of anilines is 1. The van der Waals surface area contributed by atoms with Crippen molar-refractivity contribution in [1.82, 2.24) is 9.80 Å². The number of rotatable bonds is 6. The van der Waals surface area contributed by atoms with Gasteiger partial charge < -0.3 is 19.8 Å². The molecule has 0 aromatic heterocycles. The largest absolute Gasteiger partial charge is 0.396 e. The fourth-order valence-corrected chi connectivity index (χ4v) is 9.17. The van der Waals surface area contributed by atoms with Crippen molar-refractivity contribution in [1.29, 1.82) is 0 Å². The summed E-state index contributed by atoms with van der Waals surface area (Å²) < 4.78 is -1.52. The molecule has 4 aliphatic rings. The van der Waals surface area contributed by atoms with Gasteiger partial charge in [0.15, 0.2) is 0 Å². The molecule has 2 fully saturated rings. The molecular weight excluding hydrogens is 510 g/mol. The number of likely N-dealkylation sites (tertiary alicyclic amines) is 1. The highest BCUT2D eigenvalue weighted by Crippen LogP contribution is 2.65. The van der Waals surface area contributed by atoms with Crippen LogP contribution in [-0.2, 0) is 14.4 Å². The molecule has 7 nitrogen and oxygen atoms in total. The maximum atomic E-state index is 14.5. The molecule has 1 aromatic rings. The van der Waals surface area contributed by atoms with Gasteiger partial charge >= 0.3 is 0 Å². The van der Waals surface area contributed by atoms with Gasteiger partial charge in [-0.05, 0) is 38.3 Å². The van der Waals surface area contributed by atoms with Crippen LogP contribution in [0.3, 0.4) is 0 Å². The van der Waals surface area contributed by atoms with Crippen LogP contribution in [0.4, 0.5) is 5.69 Å². The Kier molecular flexibility index (Phi) is 6.96. The molecule has 0 bridgehead atoms. The number of halogens is 1. The fourth-order valence-electron chi connectivity index (χ4n) is 6.69. The quantitative estimate of drug-likeness (QED) is 0.556. The molecule has 4 aliphatic heterocycles. The van der Waals surface area contributed by atoms with Gasteiger partial charge in [0.2, 0.25) is 11.8 Å². The Morgan fingerprint density at radius 2 is 1.81 bits per heavy atom. The first kappa shape index (κ1) is 26.3. The lowest BCUT2D eigenvalue weighted by Gasteiger charge is -2.37. The Bertz CT molecular complexity index is 1170. The van der Waals surface area contributed by atoms with Gasteiger partial charge in [-0.2, -0.15) is 0 Å². The predicted molar refractivity (Wildman–Crippen MR) is 147 cm³/mol. The second kappa shape index (κ2) is 9.79. The number of thioether (sulfide) groups is 1. The summed E-state index contributed by atoms with van der Waals surface area (Å²) in [6.45, 7) is 7.62. The maximum Gasteiger partial charge on any atom is 0.251 e. The third-order valence-corrected chi connectivity index (χ3v) is 10.3. The van der Waals surface area contributed by atoms with E-state index in [1.807, 2.05) is 56.0 Å². The number of nitrogens with zero attached hydrogens (tertiary/aromatic N) is 3. The summed E-state index contributed by atoms with van der Waals surface area (Å²) in [6.07, 6.45) is 9.26. The molecule has 1 aromatic carbocycles. The third kappa shape index (κ3) is 3.94. The number of aliphatic hydroxyl groups is 1. The molecule has 1 spiro atoms. The molecule has 1 N–H and O–H groups in total. The van der Waals surface area contributed by atoms with Crippen molar-refractivity contribution in [2.24, 2.45) is 11.8 Å². The Morgan fingerprint density at radius 3 is 2.51 bits per heavy atom. The summed E-state index contributed by atoms with van der Waals surface area (Å²) >= 11 is 8.16. The van der Waals surface area contributed by atoms with Crippen LogP contribution in [0.1, 0.15) is 32.3 Å². The third-order valence-electron chi connectivity index (χ3n) is 8.15. The van der Waals surface area contributed by atoms with E-state index in [0.29, 0.717) is 36.8 Å². The molecule has 2 saturated heterocycles. The van der Waals surface area contributed by atoms with Crippen LogP contribution in [-0.4, -0.2) is 80.9 Å². The van der Waals surface area contributed by atoms with Gasteiger partial charge in [-0.3, -0.25) is 14.4 Å². The Morgan fingerprint density at radius 1 is 1.05 bits per heavy atom. The number of amides is 3. The van der Waals surface area contributed by atoms with E-state index in [1.165, 1.54) is 0 Å². The van der Waals surface area contributed by atoms with Crippen molar-refractivity contribution in [2.75, 3.05) is 37.7 Å². The van der Waals surface area contributed by atoms with E-state index < -0.39 is 27.4 Å². The number of hydrogen-bond donors (Lipinski definition) is 1. The summed E-state index contributed by atoms with van der Waals surface area (Å²) in [4.78, 5) is 47.8. The first-order chi connectivity index (χ1) is 17.7. The average molecular weight is 544 g/mol. The summed E-state index contributed by atoms with van der Waals surface area (Å²) in [5.41, 5.74) is 1.51. The second-order valence-corrected chi connectivity index (χ2v) is 12.7. The zero-order valence-electron chi connectivity index (χ0n) is 21.5. The van der Waals surface area contributed by atoms with Gasteiger partial charge in [0.1, 0.15) is 6.04 Å². The van der Waals surface area contributed by atoms with Gasteiger partial charge in [-0.1, -0.05) is 55.0 Å². The van der Waals surface area contributed by atoms with Crippen molar-refractivity contribution in [3.8, 4) is 0 Å². The van der Waals surface area contributed by atoms with Crippen LogP contribution < -0.4 is 4.90 Å². The van der Waals surface area contributed by atoms with Crippen molar-refractivity contribution < 1.29 is 19.5 Å². The minimum atomic E-state index is -0.901. The number of benzene rings is 1. The van der Waals surface area contributed by atoms with E-state index in [9.17, 15) is 19.5 Å². The molecule has 5 rings (SSSR count). The summed E-state index contributed by atoms with van der Waals surface area (Å²) in [5.74, 6) is -1.67. The van der Waals surface area contributed by atoms with Crippen LogP contribution >= 0.6 is 23.4 Å². The molecule has 5 atom stereocenters. The van der Waals surface area contributed by atoms with Crippen LogP contribution in [0.25, 0.3) is 0 Å². The topological polar surface area (TPSA) is 81.2 Å². The number of carbonyl (C=O) groups is 3. The smallest absolute Gasteiger partial charge is 0.251 e. The molecule has 3 amide bonds. The van der Waals surface area contributed by atoms with Crippen molar-refractivity contribution >= 4 is 46.8 Å². The standard InChI is InChI=1S/C28H34ClN3O4S/c1-4-13-30-14-6-11-27(3)20(24(30)34)21-25(35)32(16-8-17-33)23-26(36)31(15-7-12-28(21,23)37-27)22-18(2)9-5-10-19(22)29/h5-7,9-12,20-21,23,33H,4,8,13-17H2,1-3H3/t20-,21-,23?,27+,28-/m0/s1. The summed E-state index contributed by atoms with van der Waals surface area (Å²) in [6, 6.07) is 4.73. The summed E-state index contributed by atoms with van der Waals surface area (Å²) in [7, 11) is 0. The van der Waals surface area contributed by atoms with E-state index in [2.05, 4.69) is 6.08 Å². The van der Waals surface area contributed by atoms with Crippen LogP contribution in [0, 0.1) is 18.8 Å². The van der Waals surface area contributed by atoms with Gasteiger partial charge in [0.05, 0.1) is 27.3 Å². The number of aryl methyl sites for hydroxylation is 1. The average Bonchev–Trinajstić information content (AvgIpc) is 3.12. The van der Waals surface area contributed by atoms with Crippen molar-refractivity contribution in [3.63, 3.8) is 0 Å². The van der Waals surface area contributed by atoms with Crippen molar-refractivity contribution in [3.05, 3.63) is 53.1 Å². The molecule has 0 aliphatic carbocycles. The Labute approximate surface area is 227 Å². The minimum Gasteiger partial charge on any atom is -0.396 e. The molecule has 37 heavy (non-hydrogen) atoms. The lowest BCUT2D eigenvalue weighted by atomic mass is 9.74. The van der Waals surface area contributed by atoms with Crippen LogP contribution in [0.15, 0.2) is 42.5 Å². The number of carbonyl (C=O) groups excluding carboxylic acids is 3. The zero-order chi connectivity index (χ0) is 26.5.